The Balaban J connectivity index is 5.23. The molecule has 3 heteroatoms. The highest BCUT2D eigenvalue weighted by Crippen LogP contribution is 2.23. The van der Waals surface area contributed by atoms with Gasteiger partial charge in [0.2, 0.25) is 0 Å². The van der Waals surface area contributed by atoms with Crippen molar-refractivity contribution in [3.63, 3.8) is 0 Å². The van der Waals surface area contributed by atoms with Gasteiger partial charge in [0.1, 0.15) is 0 Å². The van der Waals surface area contributed by atoms with Gasteiger partial charge in [0.15, 0.2) is 0 Å². The highest BCUT2D eigenvalue weighted by Gasteiger charge is 2.27. The van der Waals surface area contributed by atoms with Gasteiger partial charge in [-0.1, -0.05) is 25.7 Å². The van der Waals surface area contributed by atoms with E-state index in [1.807, 2.05) is 13.1 Å². The predicted octanol–water partition coefficient (Wildman–Crippen LogP) is 2.28. The van der Waals surface area contributed by atoms with Crippen LogP contribution < -0.4 is 5.32 Å². The maximum absolute atomic E-state index is 3.91. The quantitative estimate of drug-likeness (QED) is 0.543. The Morgan fingerprint density at radius 2 is 1.94 bits per heavy atom. The first-order chi connectivity index (χ1) is 7.82. The number of nitrogens with one attached hydrogen (secondary N) is 1. The molecule has 0 aromatic rings. The monoisotopic (exact) mass is 239 g/mol. The minimum atomic E-state index is 0.0120. The lowest BCUT2D eigenvalue weighted by Crippen LogP contribution is -2.49. The number of hydrazine groups is 1. The van der Waals surface area contributed by atoms with Gasteiger partial charge < -0.3 is 5.32 Å². The van der Waals surface area contributed by atoms with E-state index in [-0.39, 0.29) is 5.54 Å². The van der Waals surface area contributed by atoms with Gasteiger partial charge >= 0.3 is 0 Å². The Hall–Kier alpha value is -0.640. The number of nitrogens with zero attached hydrogens (tertiary/aromatic N) is 2. The molecule has 0 aliphatic rings. The van der Waals surface area contributed by atoms with Crippen LogP contribution in [0.3, 0.4) is 0 Å². The van der Waals surface area contributed by atoms with Crippen molar-refractivity contribution in [3.8, 4) is 0 Å². The van der Waals surface area contributed by atoms with Gasteiger partial charge in [-0.2, -0.15) is 0 Å². The normalized spacial score (nSPS) is 18.3. The molecule has 1 N–H and O–H groups in total. The maximum atomic E-state index is 3.91. The van der Waals surface area contributed by atoms with E-state index in [0.717, 1.165) is 6.42 Å². The van der Waals surface area contributed by atoms with Gasteiger partial charge in [-0.25, -0.2) is 10.0 Å². The van der Waals surface area contributed by atoms with Crippen molar-refractivity contribution in [2.24, 2.45) is 0 Å². The molecule has 17 heavy (non-hydrogen) atoms. The second kappa shape index (κ2) is 6.94. The lowest BCUT2D eigenvalue weighted by Gasteiger charge is -2.40. The van der Waals surface area contributed by atoms with Crippen LogP contribution >= 0.6 is 0 Å². The van der Waals surface area contributed by atoms with Crippen LogP contribution in [0.5, 0.6) is 0 Å². The second-order valence-corrected chi connectivity index (χ2v) is 4.94. The molecule has 0 rings (SSSR count). The molecule has 0 aromatic heterocycles. The summed E-state index contributed by atoms with van der Waals surface area (Å²) >= 11 is 0. The summed E-state index contributed by atoms with van der Waals surface area (Å²) in [4.78, 5) is 0. The standard InChI is InChI=1S/C14H29N3/c1-9-13(12(3)15-5)11-14(4,10-2)17(8)16(6)7/h9,11-12,15H,1,10H2,2-8H3/b13-11+. The van der Waals surface area contributed by atoms with E-state index in [2.05, 4.69) is 69.9 Å². The van der Waals surface area contributed by atoms with Crippen molar-refractivity contribution >= 4 is 0 Å². The van der Waals surface area contributed by atoms with E-state index in [1.165, 1.54) is 5.57 Å². The summed E-state index contributed by atoms with van der Waals surface area (Å²) in [6.45, 7) is 10.5. The van der Waals surface area contributed by atoms with Crippen molar-refractivity contribution in [2.75, 3.05) is 28.2 Å². The maximum Gasteiger partial charge on any atom is 0.0507 e. The van der Waals surface area contributed by atoms with E-state index in [1.54, 1.807) is 0 Å². The highest BCUT2D eigenvalue weighted by atomic mass is 15.6. The van der Waals surface area contributed by atoms with E-state index < -0.39 is 0 Å². The molecule has 0 bridgehead atoms. The molecule has 0 fully saturated rings. The van der Waals surface area contributed by atoms with Crippen LogP contribution in [0.4, 0.5) is 0 Å². The molecule has 2 unspecified atom stereocenters. The fraction of sp³-hybridized carbons (Fsp3) is 0.714. The topological polar surface area (TPSA) is 18.5 Å². The summed E-state index contributed by atoms with van der Waals surface area (Å²) < 4.78 is 0. The molecular weight excluding hydrogens is 210 g/mol. The predicted molar refractivity (Wildman–Crippen MR) is 76.9 cm³/mol. The zero-order valence-corrected chi connectivity index (χ0v) is 12.5. The number of likely N-dealkylation sites (N-methyl/N-ethyl adjacent to an activating group) is 2. The van der Waals surface area contributed by atoms with Gasteiger partial charge in [0.25, 0.3) is 0 Å². The molecule has 0 heterocycles. The van der Waals surface area contributed by atoms with Gasteiger partial charge in [-0.3, -0.25) is 0 Å². The Morgan fingerprint density at radius 1 is 1.41 bits per heavy atom. The van der Waals surface area contributed by atoms with Crippen LogP contribution in [0.25, 0.3) is 0 Å². The van der Waals surface area contributed by atoms with Crippen molar-refractivity contribution in [1.29, 1.82) is 0 Å². The van der Waals surface area contributed by atoms with Crippen LogP contribution in [0.2, 0.25) is 0 Å². The molecule has 0 saturated carbocycles. The fourth-order valence-corrected chi connectivity index (χ4v) is 1.77. The highest BCUT2D eigenvalue weighted by molar-refractivity contribution is 5.26. The largest absolute Gasteiger partial charge is 0.313 e. The second-order valence-electron chi connectivity index (χ2n) is 4.94. The van der Waals surface area contributed by atoms with E-state index in [0.29, 0.717) is 6.04 Å². The Bertz CT molecular complexity index is 271. The first kappa shape index (κ1) is 16.4. The fourth-order valence-electron chi connectivity index (χ4n) is 1.77. The van der Waals surface area contributed by atoms with Crippen LogP contribution in [-0.2, 0) is 0 Å². The Labute approximate surface area is 107 Å². The molecule has 0 aliphatic heterocycles. The molecule has 0 radical (unpaired) electrons. The summed E-state index contributed by atoms with van der Waals surface area (Å²) in [6.07, 6.45) is 5.30. The van der Waals surface area contributed by atoms with Crippen molar-refractivity contribution in [1.82, 2.24) is 15.3 Å². The van der Waals surface area contributed by atoms with Gasteiger partial charge in [-0.15, -0.1) is 0 Å². The summed E-state index contributed by atoms with van der Waals surface area (Å²) in [5, 5.41) is 7.62. The summed E-state index contributed by atoms with van der Waals surface area (Å²) in [5.41, 5.74) is 1.25. The average molecular weight is 239 g/mol. The summed E-state index contributed by atoms with van der Waals surface area (Å²) in [7, 11) is 8.22. The Kier molecular flexibility index (Phi) is 6.68. The molecule has 0 spiro atoms. The molecular formula is C14H29N3. The molecule has 0 amide bonds. The lowest BCUT2D eigenvalue weighted by atomic mass is 9.92. The minimum Gasteiger partial charge on any atom is -0.313 e. The van der Waals surface area contributed by atoms with Crippen LogP contribution in [0, 0.1) is 0 Å². The van der Waals surface area contributed by atoms with E-state index >= 15 is 0 Å². The third-order valence-corrected chi connectivity index (χ3v) is 3.70. The van der Waals surface area contributed by atoms with Gasteiger partial charge in [0, 0.05) is 27.2 Å². The van der Waals surface area contributed by atoms with Crippen molar-refractivity contribution < 1.29 is 0 Å². The molecule has 2 atom stereocenters. The third-order valence-electron chi connectivity index (χ3n) is 3.70. The van der Waals surface area contributed by atoms with Crippen LogP contribution in [0.1, 0.15) is 27.2 Å². The molecule has 100 valence electrons. The van der Waals surface area contributed by atoms with Crippen LogP contribution in [0.15, 0.2) is 24.3 Å². The molecule has 3 nitrogen and oxygen atoms in total. The molecule has 0 aliphatic carbocycles. The van der Waals surface area contributed by atoms with E-state index in [4.69, 9.17) is 0 Å². The number of hydrogen-bond acceptors (Lipinski definition) is 3. The number of rotatable bonds is 7. The smallest absolute Gasteiger partial charge is 0.0507 e. The van der Waals surface area contributed by atoms with E-state index in [9.17, 15) is 0 Å². The SMILES string of the molecule is C=C/C(=C\C(C)(CC)N(C)N(C)C)C(C)NC. The first-order valence-corrected chi connectivity index (χ1v) is 6.25. The van der Waals surface area contributed by atoms with Crippen molar-refractivity contribution in [3.05, 3.63) is 24.3 Å². The Morgan fingerprint density at radius 3 is 2.24 bits per heavy atom. The molecule has 0 saturated heterocycles. The zero-order valence-electron chi connectivity index (χ0n) is 12.5. The van der Waals surface area contributed by atoms with Gasteiger partial charge in [0.05, 0.1) is 5.54 Å². The van der Waals surface area contributed by atoms with Crippen LogP contribution in [-0.4, -0.2) is 49.8 Å². The average Bonchev–Trinajstić information content (AvgIpc) is 2.33. The summed E-state index contributed by atoms with van der Waals surface area (Å²) in [5.74, 6) is 0. The molecule has 0 aromatic carbocycles. The third kappa shape index (κ3) is 4.26. The number of hydrogen-bond donors (Lipinski definition) is 1. The first-order valence-electron chi connectivity index (χ1n) is 6.25. The summed E-state index contributed by atoms with van der Waals surface area (Å²) in [6, 6.07) is 0.328. The zero-order chi connectivity index (χ0) is 13.6. The minimum absolute atomic E-state index is 0.0120. The van der Waals surface area contributed by atoms with Crippen molar-refractivity contribution in [2.45, 2.75) is 38.8 Å². The lowest BCUT2D eigenvalue weighted by molar-refractivity contribution is -0.0229. The van der Waals surface area contributed by atoms with Gasteiger partial charge in [-0.05, 0) is 32.9 Å².